The predicted molar refractivity (Wildman–Crippen MR) is 147 cm³/mol. The fourth-order valence-corrected chi connectivity index (χ4v) is 9.31. The number of morpholine rings is 1. The number of hydrogen-bond acceptors (Lipinski definition) is 7. The average molecular weight is 527 g/mol. The van der Waals surface area contributed by atoms with Crippen LogP contribution in [0.15, 0.2) is 0 Å². The first-order valence-corrected chi connectivity index (χ1v) is 15.7. The van der Waals surface area contributed by atoms with Gasteiger partial charge in [-0.1, -0.05) is 0 Å². The maximum Gasteiger partial charge on any atom is 0.227 e. The van der Waals surface area contributed by atoms with E-state index < -0.39 is 0 Å². The molecule has 0 radical (unpaired) electrons. The number of ether oxygens (including phenoxy) is 1. The number of nitrogens with zero attached hydrogens (tertiary/aromatic N) is 2. The second-order valence-electron chi connectivity index (χ2n) is 14.0. The van der Waals surface area contributed by atoms with E-state index in [2.05, 4.69) is 41.4 Å². The van der Waals surface area contributed by atoms with E-state index in [1.807, 2.05) is 4.90 Å². The van der Waals surface area contributed by atoms with Crippen molar-refractivity contribution in [3.63, 3.8) is 0 Å². The molecule has 8 atom stereocenters. The molecular weight excluding hydrogens is 476 g/mol. The molecule has 4 heterocycles. The van der Waals surface area contributed by atoms with E-state index in [0.717, 1.165) is 39.1 Å². The maximum absolute atomic E-state index is 13.3. The fraction of sp³-hybridized carbons (Fsp3) is 0.933. The molecule has 8 nitrogen and oxygen atoms in total. The first-order valence-electron chi connectivity index (χ1n) is 15.7. The topological polar surface area (TPSA) is 101 Å². The Balaban J connectivity index is 1.10. The van der Waals surface area contributed by atoms with E-state index in [1.165, 1.54) is 44.9 Å². The van der Waals surface area contributed by atoms with Crippen molar-refractivity contribution in [3.8, 4) is 6.07 Å². The molecule has 8 heteroatoms. The molecule has 6 rings (SSSR count). The summed E-state index contributed by atoms with van der Waals surface area (Å²) in [6, 6.07) is 4.25. The first kappa shape index (κ1) is 27.0. The number of nitrogens with one attached hydrogen (secondary N) is 4. The van der Waals surface area contributed by atoms with E-state index >= 15 is 0 Å². The van der Waals surface area contributed by atoms with E-state index in [0.29, 0.717) is 72.8 Å². The summed E-state index contributed by atoms with van der Waals surface area (Å²) in [6.07, 6.45) is 9.74. The Hall–Kier alpha value is -1.24. The van der Waals surface area contributed by atoms with Crippen molar-refractivity contribution in [2.75, 3.05) is 45.9 Å². The summed E-state index contributed by atoms with van der Waals surface area (Å²) in [7, 11) is 0. The summed E-state index contributed by atoms with van der Waals surface area (Å²) in [6.45, 7) is 10.1. The van der Waals surface area contributed by atoms with Crippen molar-refractivity contribution in [1.82, 2.24) is 26.4 Å². The quantitative estimate of drug-likeness (QED) is 0.446. The van der Waals surface area contributed by atoms with E-state index in [1.54, 1.807) is 0 Å². The maximum atomic E-state index is 13.3. The van der Waals surface area contributed by atoms with E-state index in [9.17, 15) is 10.1 Å². The summed E-state index contributed by atoms with van der Waals surface area (Å²) < 4.78 is 5.48. The molecule has 38 heavy (non-hydrogen) atoms. The minimum absolute atomic E-state index is 0.122. The molecule has 6 fully saturated rings. The Morgan fingerprint density at radius 1 is 0.895 bits per heavy atom. The lowest BCUT2D eigenvalue weighted by molar-refractivity contribution is -0.141. The Bertz CT molecular complexity index is 876. The highest BCUT2D eigenvalue weighted by Gasteiger charge is 2.52. The van der Waals surface area contributed by atoms with Crippen LogP contribution in [0.2, 0.25) is 0 Å². The minimum atomic E-state index is -0.208. The molecule has 8 unspecified atom stereocenters. The van der Waals surface area contributed by atoms with Crippen LogP contribution < -0.4 is 21.5 Å². The van der Waals surface area contributed by atoms with Crippen LogP contribution in [0.25, 0.3) is 0 Å². The predicted octanol–water partition coefficient (Wildman–Crippen LogP) is 2.28. The van der Waals surface area contributed by atoms with Gasteiger partial charge in [0.25, 0.3) is 0 Å². The minimum Gasteiger partial charge on any atom is -0.378 e. The molecule has 4 aliphatic heterocycles. The molecule has 6 aliphatic rings. The van der Waals surface area contributed by atoms with Crippen molar-refractivity contribution >= 4 is 5.91 Å². The Labute approximate surface area is 229 Å². The second-order valence-corrected chi connectivity index (χ2v) is 14.0. The third-order valence-corrected chi connectivity index (χ3v) is 11.7. The highest BCUT2D eigenvalue weighted by molar-refractivity contribution is 5.79. The van der Waals surface area contributed by atoms with Gasteiger partial charge in [-0.15, -0.1) is 0 Å². The summed E-state index contributed by atoms with van der Waals surface area (Å²) in [5.41, 5.74) is 7.29. The van der Waals surface area contributed by atoms with Gasteiger partial charge in [0.05, 0.1) is 30.6 Å². The molecule has 2 aliphatic carbocycles. The molecule has 0 spiro atoms. The number of rotatable bonds is 4. The second kappa shape index (κ2) is 11.3. The standard InChI is InChI=1S/C30H50N6O2/c1-30(2,18-31)23-6-3-19(4-7-23)28-27-24-14-20(5-8-25(24)33-17-26(27)34-35-28)21-13-22(16-32-15-21)29(37)36-9-11-38-12-10-36/h19-28,32-35H,3-17H2,1-2H3. The number of piperidine rings is 2. The Morgan fingerprint density at radius 2 is 1.66 bits per heavy atom. The molecule has 4 saturated heterocycles. The van der Waals surface area contributed by atoms with Crippen LogP contribution >= 0.6 is 0 Å². The monoisotopic (exact) mass is 526 g/mol. The number of fused-ring (bicyclic) bond motifs is 3. The first-order chi connectivity index (χ1) is 18.4. The zero-order valence-corrected chi connectivity index (χ0v) is 23.6. The highest BCUT2D eigenvalue weighted by atomic mass is 16.5. The Morgan fingerprint density at radius 3 is 2.42 bits per heavy atom. The molecular formula is C30H50N6O2. The van der Waals surface area contributed by atoms with Crippen LogP contribution in [0.3, 0.4) is 0 Å². The number of carbonyl (C=O) groups is 1. The van der Waals surface area contributed by atoms with Crippen LogP contribution in [0, 0.1) is 58.2 Å². The molecule has 0 bridgehead atoms. The number of carbonyl (C=O) groups excluding carboxylic acids is 1. The van der Waals surface area contributed by atoms with Crippen molar-refractivity contribution in [3.05, 3.63) is 0 Å². The molecule has 1 amide bonds. The summed E-state index contributed by atoms with van der Waals surface area (Å²) >= 11 is 0. The zero-order chi connectivity index (χ0) is 26.3. The van der Waals surface area contributed by atoms with Crippen molar-refractivity contribution in [2.45, 2.75) is 83.3 Å². The SMILES string of the molecule is CC(C)(C#N)C1CCC(C2NNC3CNC4CCC(C5CNCC(C(=O)N6CCOCC6)C5)CC4C32)CC1. The van der Waals surface area contributed by atoms with Gasteiger partial charge in [0.1, 0.15) is 0 Å². The number of hydrogen-bond donors (Lipinski definition) is 4. The third kappa shape index (κ3) is 5.26. The van der Waals surface area contributed by atoms with Crippen LogP contribution in [0.5, 0.6) is 0 Å². The lowest BCUT2D eigenvalue weighted by Crippen LogP contribution is -2.59. The summed E-state index contributed by atoms with van der Waals surface area (Å²) in [5, 5.41) is 17.2. The van der Waals surface area contributed by atoms with Gasteiger partial charge in [-0.2, -0.15) is 5.26 Å². The van der Waals surface area contributed by atoms with Crippen molar-refractivity contribution < 1.29 is 9.53 Å². The molecule has 0 aromatic carbocycles. The third-order valence-electron chi connectivity index (χ3n) is 11.7. The average Bonchev–Trinajstić information content (AvgIpc) is 3.42. The Kier molecular flexibility index (Phi) is 8.04. The number of amides is 1. The molecule has 0 aromatic heterocycles. The highest BCUT2D eigenvalue weighted by Crippen LogP contribution is 2.48. The zero-order valence-electron chi connectivity index (χ0n) is 23.6. The van der Waals surface area contributed by atoms with Crippen molar-refractivity contribution in [1.29, 1.82) is 5.26 Å². The normalized spacial score (nSPS) is 44.1. The molecule has 212 valence electrons. The van der Waals surface area contributed by atoms with Crippen LogP contribution in [-0.2, 0) is 9.53 Å². The van der Waals surface area contributed by atoms with E-state index in [-0.39, 0.29) is 11.3 Å². The van der Waals surface area contributed by atoms with Gasteiger partial charge in [0.15, 0.2) is 0 Å². The smallest absolute Gasteiger partial charge is 0.227 e. The van der Waals surface area contributed by atoms with Gasteiger partial charge < -0.3 is 20.3 Å². The number of hydrazine groups is 1. The lowest BCUT2D eigenvalue weighted by Gasteiger charge is -2.50. The van der Waals surface area contributed by atoms with Gasteiger partial charge >= 0.3 is 0 Å². The van der Waals surface area contributed by atoms with Gasteiger partial charge in [0.2, 0.25) is 5.91 Å². The number of nitriles is 1. The van der Waals surface area contributed by atoms with Crippen LogP contribution in [0.4, 0.5) is 0 Å². The largest absolute Gasteiger partial charge is 0.378 e. The van der Waals surface area contributed by atoms with Gasteiger partial charge in [0, 0.05) is 44.3 Å². The van der Waals surface area contributed by atoms with Crippen LogP contribution in [0.1, 0.15) is 65.2 Å². The van der Waals surface area contributed by atoms with Crippen LogP contribution in [-0.4, -0.2) is 74.9 Å². The van der Waals surface area contributed by atoms with E-state index in [4.69, 9.17) is 4.74 Å². The summed E-state index contributed by atoms with van der Waals surface area (Å²) in [5.74, 6) is 4.38. The molecule has 2 saturated carbocycles. The molecule has 4 N–H and O–H groups in total. The van der Waals surface area contributed by atoms with Gasteiger partial charge in [-0.05, 0) is 107 Å². The molecule has 0 aromatic rings. The van der Waals surface area contributed by atoms with Crippen molar-refractivity contribution in [2.24, 2.45) is 46.8 Å². The lowest BCUT2D eigenvalue weighted by atomic mass is 9.60. The summed E-state index contributed by atoms with van der Waals surface area (Å²) in [4.78, 5) is 15.3. The van der Waals surface area contributed by atoms with Gasteiger partial charge in [-0.3, -0.25) is 15.6 Å². The fourth-order valence-electron chi connectivity index (χ4n) is 9.31. The van der Waals surface area contributed by atoms with Gasteiger partial charge in [-0.25, -0.2) is 0 Å².